The van der Waals surface area contributed by atoms with Crippen LogP contribution >= 0.6 is 0 Å². The van der Waals surface area contributed by atoms with Gasteiger partial charge in [0, 0.05) is 26.7 Å². The van der Waals surface area contributed by atoms with Crippen molar-refractivity contribution in [2.24, 2.45) is 0 Å². The Kier molecular flexibility index (Phi) is 7.72. The molecule has 2 N–H and O–H groups in total. The summed E-state index contributed by atoms with van der Waals surface area (Å²) in [5.74, 6) is 0. The molecule has 3 nitrogen and oxygen atoms in total. The van der Waals surface area contributed by atoms with E-state index in [4.69, 9.17) is 4.74 Å². The number of ether oxygens (including phenoxy) is 1. The summed E-state index contributed by atoms with van der Waals surface area (Å²) >= 11 is 0. The highest BCUT2D eigenvalue weighted by molar-refractivity contribution is 5.14. The molecule has 1 aromatic carbocycles. The molecule has 3 heteroatoms. The van der Waals surface area contributed by atoms with Crippen LogP contribution in [0.4, 0.5) is 0 Å². The van der Waals surface area contributed by atoms with Crippen molar-refractivity contribution in [2.45, 2.75) is 38.2 Å². The largest absolute Gasteiger partial charge is 0.389 e. The molecule has 0 radical (unpaired) electrons. The summed E-state index contributed by atoms with van der Waals surface area (Å²) < 4.78 is 4.98. The molecule has 0 amide bonds. The van der Waals surface area contributed by atoms with Gasteiger partial charge >= 0.3 is 0 Å². The van der Waals surface area contributed by atoms with E-state index >= 15 is 0 Å². The second-order valence-electron chi connectivity index (χ2n) is 5.36. The topological polar surface area (TPSA) is 41.5 Å². The van der Waals surface area contributed by atoms with Crippen LogP contribution < -0.4 is 5.32 Å². The minimum absolute atomic E-state index is 0.600. The molecule has 0 heterocycles. The van der Waals surface area contributed by atoms with Gasteiger partial charge in [0.15, 0.2) is 0 Å². The van der Waals surface area contributed by atoms with Crippen LogP contribution in [0.25, 0.3) is 0 Å². The molecule has 0 saturated carbocycles. The Hall–Kier alpha value is -0.900. The third-order valence-electron chi connectivity index (χ3n) is 3.26. The van der Waals surface area contributed by atoms with Gasteiger partial charge in [-0.25, -0.2) is 0 Å². The molecule has 1 rings (SSSR count). The molecule has 1 unspecified atom stereocenters. The number of unbranched alkanes of at least 4 members (excludes halogenated alkanes) is 1. The lowest BCUT2D eigenvalue weighted by atomic mass is 10.0. The molecule has 0 aromatic heterocycles. The van der Waals surface area contributed by atoms with Gasteiger partial charge in [0.25, 0.3) is 0 Å². The van der Waals surface area contributed by atoms with Crippen molar-refractivity contribution in [1.82, 2.24) is 5.32 Å². The van der Waals surface area contributed by atoms with Crippen LogP contribution in [0.1, 0.15) is 31.7 Å². The minimum Gasteiger partial charge on any atom is -0.389 e. The molecule has 0 aliphatic carbocycles. The van der Waals surface area contributed by atoms with Gasteiger partial charge in [0.1, 0.15) is 0 Å². The van der Waals surface area contributed by atoms with Crippen molar-refractivity contribution >= 4 is 0 Å². The third-order valence-corrected chi connectivity index (χ3v) is 3.26. The molecule has 0 saturated heterocycles. The lowest BCUT2D eigenvalue weighted by molar-refractivity contribution is 0.0251. The molecular formula is C16H27NO2. The second-order valence-corrected chi connectivity index (χ2v) is 5.36. The zero-order valence-electron chi connectivity index (χ0n) is 12.2. The van der Waals surface area contributed by atoms with Gasteiger partial charge in [0.05, 0.1) is 5.60 Å². The van der Waals surface area contributed by atoms with E-state index in [2.05, 4.69) is 29.6 Å². The van der Waals surface area contributed by atoms with Crippen LogP contribution in [-0.2, 0) is 11.2 Å². The van der Waals surface area contributed by atoms with Crippen LogP contribution in [0.2, 0.25) is 0 Å². The van der Waals surface area contributed by atoms with E-state index < -0.39 is 5.60 Å². The predicted octanol–water partition coefficient (Wildman–Crippen LogP) is 2.39. The van der Waals surface area contributed by atoms with Crippen molar-refractivity contribution in [1.29, 1.82) is 0 Å². The van der Waals surface area contributed by atoms with Gasteiger partial charge in [-0.15, -0.1) is 0 Å². The van der Waals surface area contributed by atoms with E-state index in [1.807, 2.05) is 13.0 Å². The number of rotatable bonds is 10. The summed E-state index contributed by atoms with van der Waals surface area (Å²) in [5.41, 5.74) is 0.727. The van der Waals surface area contributed by atoms with E-state index in [9.17, 15) is 5.11 Å². The summed E-state index contributed by atoms with van der Waals surface area (Å²) in [5, 5.41) is 13.4. The number of methoxy groups -OCH3 is 1. The number of aryl methyl sites for hydroxylation is 1. The highest BCUT2D eigenvalue weighted by Crippen LogP contribution is 2.08. The van der Waals surface area contributed by atoms with Gasteiger partial charge in [0.2, 0.25) is 0 Å². The van der Waals surface area contributed by atoms with Crippen molar-refractivity contribution in [3.8, 4) is 0 Å². The highest BCUT2D eigenvalue weighted by Gasteiger charge is 2.18. The van der Waals surface area contributed by atoms with Gasteiger partial charge in [-0.05, 0) is 38.3 Å². The van der Waals surface area contributed by atoms with Crippen molar-refractivity contribution in [3.05, 3.63) is 35.9 Å². The molecule has 1 aromatic rings. The first-order valence-corrected chi connectivity index (χ1v) is 7.10. The van der Waals surface area contributed by atoms with Gasteiger partial charge in [-0.3, -0.25) is 0 Å². The van der Waals surface area contributed by atoms with Gasteiger partial charge in [-0.1, -0.05) is 30.3 Å². The fraction of sp³-hybridized carbons (Fsp3) is 0.625. The number of nitrogens with one attached hydrogen (secondary N) is 1. The maximum Gasteiger partial charge on any atom is 0.0765 e. The Morgan fingerprint density at radius 3 is 2.63 bits per heavy atom. The Bertz CT molecular complexity index is 325. The standard InChI is InChI=1S/C16H27NO2/c1-16(18,11-13-19-2)14-17-12-7-6-10-15-8-4-3-5-9-15/h3-5,8-9,17-18H,6-7,10-14H2,1-2H3. The Morgan fingerprint density at radius 1 is 1.21 bits per heavy atom. The Labute approximate surface area is 117 Å². The lowest BCUT2D eigenvalue weighted by Crippen LogP contribution is -2.39. The third kappa shape index (κ3) is 7.98. The van der Waals surface area contributed by atoms with Crippen molar-refractivity contribution in [2.75, 3.05) is 26.8 Å². The average Bonchev–Trinajstić information content (AvgIpc) is 2.42. The number of hydrogen-bond donors (Lipinski definition) is 2. The molecule has 1 atom stereocenters. The van der Waals surface area contributed by atoms with Gasteiger partial charge < -0.3 is 15.2 Å². The number of benzene rings is 1. The lowest BCUT2D eigenvalue weighted by Gasteiger charge is -2.23. The highest BCUT2D eigenvalue weighted by atomic mass is 16.5. The van der Waals surface area contributed by atoms with E-state index in [1.165, 1.54) is 12.0 Å². The monoisotopic (exact) mass is 265 g/mol. The summed E-state index contributed by atoms with van der Waals surface area (Å²) in [6.07, 6.45) is 4.11. The first-order chi connectivity index (χ1) is 9.14. The smallest absolute Gasteiger partial charge is 0.0765 e. The molecule has 108 valence electrons. The van der Waals surface area contributed by atoms with Crippen LogP contribution in [0.3, 0.4) is 0 Å². The maximum atomic E-state index is 10.0. The summed E-state index contributed by atoms with van der Waals surface area (Å²) in [4.78, 5) is 0. The van der Waals surface area contributed by atoms with Crippen LogP contribution in [0.5, 0.6) is 0 Å². The molecular weight excluding hydrogens is 238 g/mol. The van der Waals surface area contributed by atoms with Gasteiger partial charge in [-0.2, -0.15) is 0 Å². The zero-order valence-corrected chi connectivity index (χ0v) is 12.2. The molecule has 0 aliphatic heterocycles. The maximum absolute atomic E-state index is 10.0. The summed E-state index contributed by atoms with van der Waals surface area (Å²) in [7, 11) is 1.66. The first kappa shape index (κ1) is 16.2. The molecule has 0 bridgehead atoms. The first-order valence-electron chi connectivity index (χ1n) is 7.10. The molecule has 0 aliphatic rings. The Morgan fingerprint density at radius 2 is 1.95 bits per heavy atom. The molecule has 0 spiro atoms. The van der Waals surface area contributed by atoms with E-state index in [0.717, 1.165) is 19.4 Å². The molecule has 19 heavy (non-hydrogen) atoms. The second kappa shape index (κ2) is 9.08. The number of aliphatic hydroxyl groups is 1. The van der Waals surface area contributed by atoms with E-state index in [0.29, 0.717) is 19.6 Å². The van der Waals surface area contributed by atoms with E-state index in [-0.39, 0.29) is 0 Å². The summed E-state index contributed by atoms with van der Waals surface area (Å²) in [6, 6.07) is 10.6. The van der Waals surface area contributed by atoms with E-state index in [1.54, 1.807) is 7.11 Å². The van der Waals surface area contributed by atoms with Crippen LogP contribution in [-0.4, -0.2) is 37.5 Å². The van der Waals surface area contributed by atoms with Crippen LogP contribution in [0.15, 0.2) is 30.3 Å². The predicted molar refractivity (Wildman–Crippen MR) is 79.4 cm³/mol. The zero-order chi connectivity index (χ0) is 14.0. The Balaban J connectivity index is 2.02. The average molecular weight is 265 g/mol. The minimum atomic E-state index is -0.671. The SMILES string of the molecule is COCCC(C)(O)CNCCCCc1ccccc1. The number of hydrogen-bond acceptors (Lipinski definition) is 3. The summed E-state index contributed by atoms with van der Waals surface area (Å²) in [6.45, 7) is 4.03. The normalized spacial score (nSPS) is 14.3. The van der Waals surface area contributed by atoms with Crippen molar-refractivity contribution < 1.29 is 9.84 Å². The fourth-order valence-electron chi connectivity index (χ4n) is 1.99. The fourth-order valence-corrected chi connectivity index (χ4v) is 1.99. The molecule has 0 fully saturated rings. The van der Waals surface area contributed by atoms with Crippen molar-refractivity contribution in [3.63, 3.8) is 0 Å². The van der Waals surface area contributed by atoms with Crippen LogP contribution in [0, 0.1) is 0 Å². The quantitative estimate of drug-likeness (QED) is 0.638.